The number of nitrogens with one attached hydrogen (secondary N) is 1. The highest BCUT2D eigenvalue weighted by Gasteiger charge is 2.13. The lowest BCUT2D eigenvalue weighted by Gasteiger charge is -2.10. The van der Waals surface area contributed by atoms with Crippen LogP contribution in [0.2, 0.25) is 0 Å². The number of aromatic nitrogens is 3. The summed E-state index contributed by atoms with van der Waals surface area (Å²) in [5, 5.41) is 10.0. The summed E-state index contributed by atoms with van der Waals surface area (Å²) < 4.78 is 30.4. The molecule has 0 radical (unpaired) electrons. The van der Waals surface area contributed by atoms with Crippen molar-refractivity contribution in [3.8, 4) is 5.75 Å². The van der Waals surface area contributed by atoms with E-state index in [-0.39, 0.29) is 11.4 Å². The Balaban J connectivity index is 2.13. The predicted molar refractivity (Wildman–Crippen MR) is 71.5 cm³/mol. The monoisotopic (exact) mass is 296 g/mol. The van der Waals surface area contributed by atoms with Crippen molar-refractivity contribution in [3.05, 3.63) is 35.7 Å². The number of alkyl halides is 2. The van der Waals surface area contributed by atoms with Crippen LogP contribution in [0, 0.1) is 6.92 Å². The van der Waals surface area contributed by atoms with Gasteiger partial charge in [0, 0.05) is 18.3 Å². The van der Waals surface area contributed by atoms with Gasteiger partial charge < -0.3 is 10.1 Å². The SMILES string of the molecule is CCn1cc(C(=O)Nc2ccc(C)c(OC(F)F)c2)nn1. The molecule has 112 valence electrons. The maximum Gasteiger partial charge on any atom is 0.387 e. The minimum atomic E-state index is -2.92. The fourth-order valence-corrected chi connectivity index (χ4v) is 1.65. The summed E-state index contributed by atoms with van der Waals surface area (Å²) >= 11 is 0. The van der Waals surface area contributed by atoms with Crippen LogP contribution < -0.4 is 10.1 Å². The van der Waals surface area contributed by atoms with Crippen LogP contribution in [0.25, 0.3) is 0 Å². The van der Waals surface area contributed by atoms with Gasteiger partial charge >= 0.3 is 6.61 Å². The van der Waals surface area contributed by atoms with Crippen LogP contribution in [0.3, 0.4) is 0 Å². The van der Waals surface area contributed by atoms with Crippen LogP contribution in [-0.2, 0) is 6.54 Å². The molecule has 0 bridgehead atoms. The number of benzene rings is 1. The molecule has 1 aromatic heterocycles. The van der Waals surface area contributed by atoms with Crippen molar-refractivity contribution in [1.82, 2.24) is 15.0 Å². The van der Waals surface area contributed by atoms with E-state index >= 15 is 0 Å². The van der Waals surface area contributed by atoms with Gasteiger partial charge in [-0.3, -0.25) is 9.48 Å². The van der Waals surface area contributed by atoms with Gasteiger partial charge in [0.25, 0.3) is 5.91 Å². The molecule has 0 aliphatic carbocycles. The lowest BCUT2D eigenvalue weighted by atomic mass is 10.2. The highest BCUT2D eigenvalue weighted by Crippen LogP contribution is 2.24. The molecule has 6 nitrogen and oxygen atoms in total. The number of amides is 1. The molecule has 8 heteroatoms. The minimum Gasteiger partial charge on any atom is -0.434 e. The largest absolute Gasteiger partial charge is 0.434 e. The quantitative estimate of drug-likeness (QED) is 0.920. The molecule has 0 aliphatic heterocycles. The third kappa shape index (κ3) is 3.74. The minimum absolute atomic E-state index is 0.0139. The highest BCUT2D eigenvalue weighted by molar-refractivity contribution is 6.02. The lowest BCUT2D eigenvalue weighted by Crippen LogP contribution is -2.13. The molecule has 0 saturated carbocycles. The van der Waals surface area contributed by atoms with E-state index in [4.69, 9.17) is 0 Å². The van der Waals surface area contributed by atoms with Crippen molar-refractivity contribution in [3.63, 3.8) is 0 Å². The first-order valence-electron chi connectivity index (χ1n) is 6.26. The van der Waals surface area contributed by atoms with E-state index in [9.17, 15) is 13.6 Å². The topological polar surface area (TPSA) is 69.0 Å². The van der Waals surface area contributed by atoms with E-state index in [1.54, 1.807) is 19.1 Å². The van der Waals surface area contributed by atoms with Crippen LogP contribution >= 0.6 is 0 Å². The molecule has 2 rings (SSSR count). The first-order chi connectivity index (χ1) is 9.99. The predicted octanol–water partition coefficient (Wildman–Crippen LogP) is 2.46. The molecule has 21 heavy (non-hydrogen) atoms. The first-order valence-corrected chi connectivity index (χ1v) is 6.26. The Bertz CT molecular complexity index is 643. The van der Waals surface area contributed by atoms with Crippen LogP contribution in [0.15, 0.2) is 24.4 Å². The van der Waals surface area contributed by atoms with E-state index in [0.717, 1.165) is 0 Å². The van der Waals surface area contributed by atoms with Crippen LogP contribution in [-0.4, -0.2) is 27.5 Å². The molecule has 0 spiro atoms. The van der Waals surface area contributed by atoms with Gasteiger partial charge in [-0.15, -0.1) is 5.10 Å². The molecular formula is C13H14F2N4O2. The Morgan fingerprint density at radius 1 is 1.48 bits per heavy atom. The Morgan fingerprint density at radius 3 is 2.86 bits per heavy atom. The van der Waals surface area contributed by atoms with Crippen molar-refractivity contribution in [2.75, 3.05) is 5.32 Å². The van der Waals surface area contributed by atoms with Crippen molar-refractivity contribution in [2.45, 2.75) is 27.0 Å². The summed E-state index contributed by atoms with van der Waals surface area (Å²) in [6.45, 7) is 1.18. The molecule has 1 N–H and O–H groups in total. The summed E-state index contributed by atoms with van der Waals surface area (Å²) in [5.41, 5.74) is 1.03. The smallest absolute Gasteiger partial charge is 0.387 e. The summed E-state index contributed by atoms with van der Waals surface area (Å²) in [6.07, 6.45) is 1.50. The number of aryl methyl sites for hydroxylation is 2. The van der Waals surface area contributed by atoms with Crippen molar-refractivity contribution in [2.24, 2.45) is 0 Å². The standard InChI is InChI=1S/C13H14F2N4O2/c1-3-19-7-10(17-18-19)12(20)16-9-5-4-8(2)11(6-9)21-13(14)15/h4-7,13H,3H2,1-2H3,(H,16,20). The second-order valence-corrected chi connectivity index (χ2v) is 4.27. The number of nitrogens with zero attached hydrogens (tertiary/aromatic N) is 3. The molecular weight excluding hydrogens is 282 g/mol. The van der Waals surface area contributed by atoms with E-state index in [2.05, 4.69) is 20.4 Å². The number of rotatable bonds is 5. The number of ether oxygens (including phenoxy) is 1. The van der Waals surface area contributed by atoms with Gasteiger partial charge in [-0.25, -0.2) is 0 Å². The molecule has 1 amide bonds. The number of carbonyl (C=O) groups excluding carboxylic acids is 1. The maximum atomic E-state index is 12.3. The van der Waals surface area contributed by atoms with Gasteiger partial charge in [0.15, 0.2) is 5.69 Å². The van der Waals surface area contributed by atoms with Gasteiger partial charge in [-0.05, 0) is 25.5 Å². The van der Waals surface area contributed by atoms with Crippen LogP contribution in [0.4, 0.5) is 14.5 Å². The summed E-state index contributed by atoms with van der Waals surface area (Å²) in [4.78, 5) is 11.9. The average Bonchev–Trinajstić information content (AvgIpc) is 2.91. The number of hydrogen-bond donors (Lipinski definition) is 1. The zero-order chi connectivity index (χ0) is 15.4. The van der Waals surface area contributed by atoms with E-state index in [0.29, 0.717) is 17.8 Å². The number of halogens is 2. The van der Waals surface area contributed by atoms with Crippen LogP contribution in [0.5, 0.6) is 5.75 Å². The Labute approximate surface area is 119 Å². The maximum absolute atomic E-state index is 12.3. The molecule has 0 saturated heterocycles. The second kappa shape index (κ2) is 6.29. The molecule has 0 atom stereocenters. The fraction of sp³-hybridized carbons (Fsp3) is 0.308. The third-order valence-corrected chi connectivity index (χ3v) is 2.76. The number of carbonyl (C=O) groups is 1. The van der Waals surface area contributed by atoms with E-state index in [1.165, 1.54) is 16.9 Å². The summed E-state index contributed by atoms with van der Waals surface area (Å²) in [7, 11) is 0. The van der Waals surface area contributed by atoms with Gasteiger partial charge in [0.1, 0.15) is 5.75 Å². The molecule has 0 fully saturated rings. The molecule has 1 heterocycles. The summed E-state index contributed by atoms with van der Waals surface area (Å²) in [6, 6.07) is 4.51. The average molecular weight is 296 g/mol. The number of hydrogen-bond acceptors (Lipinski definition) is 4. The van der Waals surface area contributed by atoms with Crippen molar-refractivity contribution in [1.29, 1.82) is 0 Å². The lowest BCUT2D eigenvalue weighted by molar-refractivity contribution is -0.0502. The van der Waals surface area contributed by atoms with Crippen molar-refractivity contribution < 1.29 is 18.3 Å². The van der Waals surface area contributed by atoms with Crippen molar-refractivity contribution >= 4 is 11.6 Å². The van der Waals surface area contributed by atoms with E-state index in [1.807, 2.05) is 6.92 Å². The van der Waals surface area contributed by atoms with E-state index < -0.39 is 12.5 Å². The van der Waals surface area contributed by atoms with Gasteiger partial charge in [0.2, 0.25) is 0 Å². The fourth-order valence-electron chi connectivity index (χ4n) is 1.65. The van der Waals surface area contributed by atoms with Gasteiger partial charge in [-0.2, -0.15) is 8.78 Å². The second-order valence-electron chi connectivity index (χ2n) is 4.27. The summed E-state index contributed by atoms with van der Waals surface area (Å²) in [5.74, 6) is -0.457. The van der Waals surface area contributed by atoms with Crippen LogP contribution in [0.1, 0.15) is 23.0 Å². The molecule has 1 aromatic carbocycles. The molecule has 0 unspecified atom stereocenters. The Kier molecular flexibility index (Phi) is 4.46. The normalized spacial score (nSPS) is 10.7. The third-order valence-electron chi connectivity index (χ3n) is 2.76. The zero-order valence-corrected chi connectivity index (χ0v) is 11.5. The highest BCUT2D eigenvalue weighted by atomic mass is 19.3. The van der Waals surface area contributed by atoms with Gasteiger partial charge in [-0.1, -0.05) is 11.3 Å². The zero-order valence-electron chi connectivity index (χ0n) is 11.5. The first kappa shape index (κ1) is 14.9. The van der Waals surface area contributed by atoms with Gasteiger partial charge in [0.05, 0.1) is 6.20 Å². The Morgan fingerprint density at radius 2 is 2.24 bits per heavy atom. The molecule has 2 aromatic rings. The Hall–Kier alpha value is -2.51. The number of anilines is 1. The molecule has 0 aliphatic rings.